The average Bonchev–Trinajstić information content (AvgIpc) is 3.09. The van der Waals surface area contributed by atoms with Gasteiger partial charge in [0.05, 0.1) is 7.11 Å². The van der Waals surface area contributed by atoms with E-state index in [1.165, 1.54) is 18.9 Å². The van der Waals surface area contributed by atoms with Gasteiger partial charge < -0.3 is 23.8 Å². The summed E-state index contributed by atoms with van der Waals surface area (Å²) in [7, 11) is 2.82. The summed E-state index contributed by atoms with van der Waals surface area (Å²) in [6.45, 7) is 1.46. The Morgan fingerprint density at radius 3 is 2.67 bits per heavy atom. The van der Waals surface area contributed by atoms with Crippen LogP contribution in [0.1, 0.15) is 12.5 Å². The fraction of sp³-hybridized carbons (Fsp3) is 0.429. The van der Waals surface area contributed by atoms with Gasteiger partial charge in [-0.3, -0.25) is 4.79 Å². The molecular formula is C14H15NO6. The molecule has 0 saturated heterocycles. The lowest BCUT2D eigenvalue weighted by Gasteiger charge is -2.34. The van der Waals surface area contributed by atoms with Gasteiger partial charge in [-0.25, -0.2) is 4.79 Å². The normalized spacial score (nSPS) is 21.5. The molecule has 7 heteroatoms. The van der Waals surface area contributed by atoms with Crippen molar-refractivity contribution in [1.82, 2.24) is 4.90 Å². The van der Waals surface area contributed by atoms with E-state index in [9.17, 15) is 9.59 Å². The molecule has 0 N–H and O–H groups in total. The molecule has 1 aromatic rings. The minimum Gasteiger partial charge on any atom is -0.486 e. The number of amides is 1. The van der Waals surface area contributed by atoms with Gasteiger partial charge in [-0.05, 0) is 12.1 Å². The highest BCUT2D eigenvalue weighted by Gasteiger charge is 2.54. The second-order valence-electron chi connectivity index (χ2n) is 4.89. The van der Waals surface area contributed by atoms with Crippen molar-refractivity contribution >= 4 is 11.9 Å². The third kappa shape index (κ3) is 1.66. The topological polar surface area (TPSA) is 74.3 Å². The minimum atomic E-state index is -1.31. The predicted octanol–water partition coefficient (Wildman–Crippen LogP) is 0.654. The van der Waals surface area contributed by atoms with E-state index < -0.39 is 11.5 Å². The first kappa shape index (κ1) is 13.5. The van der Waals surface area contributed by atoms with E-state index in [2.05, 4.69) is 0 Å². The fourth-order valence-electron chi connectivity index (χ4n) is 2.69. The molecule has 2 aliphatic rings. The first-order valence-corrected chi connectivity index (χ1v) is 6.41. The molecule has 21 heavy (non-hydrogen) atoms. The van der Waals surface area contributed by atoms with Gasteiger partial charge in [0.25, 0.3) is 0 Å². The van der Waals surface area contributed by atoms with Crippen LogP contribution in [-0.4, -0.2) is 44.3 Å². The summed E-state index contributed by atoms with van der Waals surface area (Å²) in [5.74, 6) is 0.603. The quantitative estimate of drug-likeness (QED) is 0.746. The summed E-state index contributed by atoms with van der Waals surface area (Å²) in [5, 5.41) is 0. The summed E-state index contributed by atoms with van der Waals surface area (Å²) in [4.78, 5) is 25.5. The van der Waals surface area contributed by atoms with Gasteiger partial charge in [0, 0.05) is 19.5 Å². The lowest BCUT2D eigenvalue weighted by Crippen LogP contribution is -2.54. The number of hydrogen-bond donors (Lipinski definition) is 0. The summed E-state index contributed by atoms with van der Waals surface area (Å²) in [6, 6.07) is 3.40. The number of likely N-dealkylation sites (N-methyl/N-ethyl adjacent to an activating group) is 1. The highest BCUT2D eigenvalue weighted by atomic mass is 16.7. The monoisotopic (exact) mass is 293 g/mol. The van der Waals surface area contributed by atoms with Crippen LogP contribution in [0.25, 0.3) is 0 Å². The number of nitrogens with zero attached hydrogens (tertiary/aromatic N) is 1. The maximum Gasteiger partial charge on any atom is 0.340 e. The Balaban J connectivity index is 2.19. The van der Waals surface area contributed by atoms with Crippen LogP contribution in [0.3, 0.4) is 0 Å². The van der Waals surface area contributed by atoms with Gasteiger partial charge in [-0.15, -0.1) is 0 Å². The summed E-state index contributed by atoms with van der Waals surface area (Å²) >= 11 is 0. The van der Waals surface area contributed by atoms with Crippen LogP contribution in [-0.2, 0) is 19.9 Å². The van der Waals surface area contributed by atoms with Crippen molar-refractivity contribution < 1.29 is 28.5 Å². The number of benzene rings is 1. The van der Waals surface area contributed by atoms with E-state index in [-0.39, 0.29) is 19.3 Å². The van der Waals surface area contributed by atoms with Crippen molar-refractivity contribution in [2.45, 2.75) is 12.5 Å². The van der Waals surface area contributed by atoms with E-state index >= 15 is 0 Å². The lowest BCUT2D eigenvalue weighted by atomic mass is 9.90. The SMILES string of the molecule is COC(=O)C1(N(C)C(C)=O)COc2c1ccc1c2OCO1. The molecule has 0 radical (unpaired) electrons. The Bertz CT molecular complexity index is 628. The molecule has 1 amide bonds. The second kappa shape index (κ2) is 4.54. The Kier molecular flexibility index (Phi) is 2.93. The van der Waals surface area contributed by atoms with Crippen molar-refractivity contribution in [3.8, 4) is 17.2 Å². The Morgan fingerprint density at radius 2 is 2.00 bits per heavy atom. The van der Waals surface area contributed by atoms with Gasteiger partial charge >= 0.3 is 5.97 Å². The molecule has 0 fully saturated rings. The molecule has 0 spiro atoms. The second-order valence-corrected chi connectivity index (χ2v) is 4.89. The van der Waals surface area contributed by atoms with Crippen molar-refractivity contribution in [1.29, 1.82) is 0 Å². The van der Waals surface area contributed by atoms with Crippen LogP contribution < -0.4 is 14.2 Å². The molecule has 2 aliphatic heterocycles. The van der Waals surface area contributed by atoms with Gasteiger partial charge in [0.1, 0.15) is 6.61 Å². The number of carbonyl (C=O) groups is 2. The summed E-state index contributed by atoms with van der Waals surface area (Å²) in [6.07, 6.45) is 0. The van der Waals surface area contributed by atoms with E-state index in [0.717, 1.165) is 0 Å². The molecule has 0 saturated carbocycles. The average molecular weight is 293 g/mol. The minimum absolute atomic E-state index is 0.0229. The first-order valence-electron chi connectivity index (χ1n) is 6.41. The number of carbonyl (C=O) groups excluding carboxylic acids is 2. The Hall–Kier alpha value is -2.44. The molecule has 7 nitrogen and oxygen atoms in total. The van der Waals surface area contributed by atoms with Crippen LogP contribution in [0, 0.1) is 0 Å². The molecule has 1 aromatic carbocycles. The number of hydrogen-bond acceptors (Lipinski definition) is 6. The van der Waals surface area contributed by atoms with Gasteiger partial charge in [-0.1, -0.05) is 0 Å². The van der Waals surface area contributed by atoms with Crippen LogP contribution in [0.15, 0.2) is 12.1 Å². The number of esters is 1. The zero-order valence-corrected chi connectivity index (χ0v) is 12.0. The molecular weight excluding hydrogens is 278 g/mol. The zero-order valence-electron chi connectivity index (χ0n) is 12.0. The van der Waals surface area contributed by atoms with Gasteiger partial charge in [0.2, 0.25) is 24.0 Å². The van der Waals surface area contributed by atoms with Crippen LogP contribution in [0.4, 0.5) is 0 Å². The molecule has 112 valence electrons. The largest absolute Gasteiger partial charge is 0.486 e. The van der Waals surface area contributed by atoms with Crippen LogP contribution in [0.2, 0.25) is 0 Å². The number of fused-ring (bicyclic) bond motifs is 3. The first-order chi connectivity index (χ1) is 10.0. The van der Waals surface area contributed by atoms with E-state index in [4.69, 9.17) is 18.9 Å². The van der Waals surface area contributed by atoms with E-state index in [1.807, 2.05) is 0 Å². The van der Waals surface area contributed by atoms with Gasteiger partial charge in [-0.2, -0.15) is 0 Å². The van der Waals surface area contributed by atoms with Crippen LogP contribution in [0.5, 0.6) is 17.2 Å². The smallest absolute Gasteiger partial charge is 0.340 e. The van der Waals surface area contributed by atoms with E-state index in [0.29, 0.717) is 22.8 Å². The zero-order chi connectivity index (χ0) is 15.2. The fourth-order valence-corrected chi connectivity index (χ4v) is 2.69. The van der Waals surface area contributed by atoms with Gasteiger partial charge in [0.15, 0.2) is 11.5 Å². The van der Waals surface area contributed by atoms with Crippen molar-refractivity contribution in [2.24, 2.45) is 0 Å². The molecule has 3 rings (SSSR count). The Morgan fingerprint density at radius 1 is 1.24 bits per heavy atom. The van der Waals surface area contributed by atoms with E-state index in [1.54, 1.807) is 19.2 Å². The number of methoxy groups -OCH3 is 1. The highest BCUT2D eigenvalue weighted by Crippen LogP contribution is 2.51. The standard InChI is InChI=1S/C14H15NO6/c1-8(16)15(2)14(13(17)18-3)6-19-11-9(14)4-5-10-12(11)21-7-20-10/h4-5H,6-7H2,1-3H3. The third-order valence-electron chi connectivity index (χ3n) is 3.93. The molecule has 0 bridgehead atoms. The number of rotatable bonds is 2. The Labute approximate surface area is 121 Å². The molecule has 0 aliphatic carbocycles. The van der Waals surface area contributed by atoms with Crippen molar-refractivity contribution in [2.75, 3.05) is 27.6 Å². The maximum absolute atomic E-state index is 12.4. The summed E-state index contributed by atoms with van der Waals surface area (Å²) < 4.78 is 21.2. The van der Waals surface area contributed by atoms with Crippen molar-refractivity contribution in [3.63, 3.8) is 0 Å². The van der Waals surface area contributed by atoms with Crippen molar-refractivity contribution in [3.05, 3.63) is 17.7 Å². The molecule has 1 atom stereocenters. The van der Waals surface area contributed by atoms with Crippen LogP contribution >= 0.6 is 0 Å². The summed E-state index contributed by atoms with van der Waals surface area (Å²) in [5.41, 5.74) is -0.770. The maximum atomic E-state index is 12.4. The molecule has 1 unspecified atom stereocenters. The third-order valence-corrected chi connectivity index (χ3v) is 3.93. The highest BCUT2D eigenvalue weighted by molar-refractivity contribution is 5.91. The lowest BCUT2D eigenvalue weighted by molar-refractivity contribution is -0.161. The predicted molar refractivity (Wildman–Crippen MR) is 70.2 cm³/mol. The molecule has 2 heterocycles. The number of ether oxygens (including phenoxy) is 4. The molecule has 0 aromatic heterocycles.